The molecule has 0 radical (unpaired) electrons. The predicted molar refractivity (Wildman–Crippen MR) is 98.1 cm³/mol. The van der Waals surface area contributed by atoms with E-state index in [2.05, 4.69) is 15.1 Å². The largest absolute Gasteiger partial charge is 0.339 e. The minimum absolute atomic E-state index is 0.0498. The lowest BCUT2D eigenvalue weighted by Gasteiger charge is -2.20. The van der Waals surface area contributed by atoms with E-state index in [0.29, 0.717) is 37.6 Å². The fourth-order valence-electron chi connectivity index (χ4n) is 2.73. The maximum atomic E-state index is 12.5. The van der Waals surface area contributed by atoms with Crippen molar-refractivity contribution in [2.75, 3.05) is 6.54 Å². The quantitative estimate of drug-likeness (QED) is 0.653. The summed E-state index contributed by atoms with van der Waals surface area (Å²) in [7, 11) is 0. The Morgan fingerprint density at radius 3 is 2.69 bits per heavy atom. The first kappa shape index (κ1) is 17.8. The van der Waals surface area contributed by atoms with E-state index in [1.807, 2.05) is 56.3 Å². The van der Waals surface area contributed by atoms with Crippen molar-refractivity contribution in [3.8, 4) is 11.4 Å². The van der Waals surface area contributed by atoms with Gasteiger partial charge in [-0.2, -0.15) is 4.98 Å². The average Bonchev–Trinajstić information content (AvgIpc) is 3.14. The number of pyridine rings is 1. The van der Waals surface area contributed by atoms with Crippen LogP contribution in [0.1, 0.15) is 30.5 Å². The van der Waals surface area contributed by atoms with Gasteiger partial charge in [-0.25, -0.2) is 0 Å². The Hall–Kier alpha value is -3.02. The smallest absolute Gasteiger partial charge is 0.227 e. The van der Waals surface area contributed by atoms with Gasteiger partial charge in [-0.3, -0.25) is 9.78 Å². The van der Waals surface area contributed by atoms with Crippen LogP contribution in [0.3, 0.4) is 0 Å². The van der Waals surface area contributed by atoms with Crippen molar-refractivity contribution in [1.82, 2.24) is 20.0 Å². The first-order chi connectivity index (χ1) is 12.7. The molecule has 1 aromatic carbocycles. The van der Waals surface area contributed by atoms with Gasteiger partial charge >= 0.3 is 0 Å². The minimum Gasteiger partial charge on any atom is -0.339 e. The lowest BCUT2D eigenvalue weighted by Crippen LogP contribution is -2.30. The summed E-state index contributed by atoms with van der Waals surface area (Å²) in [6, 6.07) is 13.6. The second-order valence-electron chi connectivity index (χ2n) is 6.06. The summed E-state index contributed by atoms with van der Waals surface area (Å²) in [5, 5.41) is 4.04. The second-order valence-corrected chi connectivity index (χ2v) is 6.06. The molecule has 2 aromatic heterocycles. The van der Waals surface area contributed by atoms with Crippen molar-refractivity contribution in [2.24, 2.45) is 0 Å². The zero-order chi connectivity index (χ0) is 18.4. The third-order valence-corrected chi connectivity index (χ3v) is 4.22. The maximum Gasteiger partial charge on any atom is 0.227 e. The molecular formula is C20H22N4O2. The fourth-order valence-corrected chi connectivity index (χ4v) is 2.73. The van der Waals surface area contributed by atoms with Gasteiger partial charge in [-0.15, -0.1) is 0 Å². The van der Waals surface area contributed by atoms with Crippen molar-refractivity contribution in [3.05, 3.63) is 65.8 Å². The van der Waals surface area contributed by atoms with Gasteiger partial charge in [0, 0.05) is 31.1 Å². The molecule has 3 aromatic rings. The summed E-state index contributed by atoms with van der Waals surface area (Å²) < 4.78 is 5.31. The zero-order valence-corrected chi connectivity index (χ0v) is 15.1. The zero-order valence-electron chi connectivity index (χ0n) is 15.1. The van der Waals surface area contributed by atoms with E-state index in [4.69, 9.17) is 4.52 Å². The van der Waals surface area contributed by atoms with Crippen LogP contribution < -0.4 is 0 Å². The predicted octanol–water partition coefficient (Wildman–Crippen LogP) is 3.42. The fraction of sp³-hybridized carbons (Fsp3) is 0.300. The number of hydrogen-bond donors (Lipinski definition) is 0. The summed E-state index contributed by atoms with van der Waals surface area (Å²) in [6.07, 6.45) is 2.49. The van der Waals surface area contributed by atoms with Crippen LogP contribution in [0.25, 0.3) is 11.4 Å². The number of benzene rings is 1. The van der Waals surface area contributed by atoms with Gasteiger partial charge in [-0.1, -0.05) is 35.5 Å². The molecule has 0 saturated carbocycles. The highest BCUT2D eigenvalue weighted by atomic mass is 16.5. The Morgan fingerprint density at radius 2 is 1.96 bits per heavy atom. The van der Waals surface area contributed by atoms with Gasteiger partial charge in [0.25, 0.3) is 0 Å². The van der Waals surface area contributed by atoms with E-state index >= 15 is 0 Å². The van der Waals surface area contributed by atoms with Crippen LogP contribution in [-0.2, 0) is 17.8 Å². The van der Waals surface area contributed by atoms with Crippen molar-refractivity contribution in [1.29, 1.82) is 0 Å². The van der Waals surface area contributed by atoms with Gasteiger partial charge in [0.05, 0.1) is 12.2 Å². The molecule has 0 N–H and O–H groups in total. The normalized spacial score (nSPS) is 10.7. The lowest BCUT2D eigenvalue weighted by atomic mass is 10.1. The third-order valence-electron chi connectivity index (χ3n) is 4.22. The van der Waals surface area contributed by atoms with Crippen molar-refractivity contribution in [2.45, 2.75) is 33.2 Å². The Balaban J connectivity index is 1.60. The molecule has 0 bridgehead atoms. The van der Waals surface area contributed by atoms with Gasteiger partial charge in [0.1, 0.15) is 0 Å². The number of aryl methyl sites for hydroxylation is 2. The van der Waals surface area contributed by atoms with E-state index in [1.54, 1.807) is 11.1 Å². The Kier molecular flexibility index (Phi) is 5.73. The Labute approximate surface area is 152 Å². The van der Waals surface area contributed by atoms with Gasteiger partial charge in [0.2, 0.25) is 17.6 Å². The first-order valence-corrected chi connectivity index (χ1v) is 8.73. The van der Waals surface area contributed by atoms with E-state index in [9.17, 15) is 4.79 Å². The third kappa shape index (κ3) is 4.33. The number of amides is 1. The molecule has 0 spiro atoms. The van der Waals surface area contributed by atoms with Gasteiger partial charge in [-0.05, 0) is 31.5 Å². The molecular weight excluding hydrogens is 328 g/mol. The highest BCUT2D eigenvalue weighted by molar-refractivity contribution is 5.76. The highest BCUT2D eigenvalue weighted by Gasteiger charge is 2.16. The van der Waals surface area contributed by atoms with Crippen molar-refractivity contribution >= 4 is 5.91 Å². The van der Waals surface area contributed by atoms with Crippen LogP contribution in [0.5, 0.6) is 0 Å². The second kappa shape index (κ2) is 8.38. The first-order valence-electron chi connectivity index (χ1n) is 8.73. The lowest BCUT2D eigenvalue weighted by molar-refractivity contribution is -0.131. The summed E-state index contributed by atoms with van der Waals surface area (Å²) in [4.78, 5) is 23.0. The van der Waals surface area contributed by atoms with Crippen molar-refractivity contribution in [3.63, 3.8) is 0 Å². The van der Waals surface area contributed by atoms with E-state index in [1.165, 1.54) is 0 Å². The Bertz CT molecular complexity index is 861. The van der Waals surface area contributed by atoms with Crippen molar-refractivity contribution < 1.29 is 9.32 Å². The van der Waals surface area contributed by atoms with E-state index < -0.39 is 0 Å². The molecule has 0 unspecified atom stereocenters. The topological polar surface area (TPSA) is 72.1 Å². The number of hydrogen-bond acceptors (Lipinski definition) is 5. The van der Waals surface area contributed by atoms with Crippen LogP contribution in [0.2, 0.25) is 0 Å². The minimum atomic E-state index is 0.0498. The standard InChI is InChI=1S/C20H22N4O2/c1-3-24(14-16-9-6-7-13-21-16)19(25)12-11-18-22-20(23-26-18)17-10-5-4-8-15(17)2/h4-10,13H,3,11-12,14H2,1-2H3. The summed E-state index contributed by atoms with van der Waals surface area (Å²) in [5.74, 6) is 1.09. The molecule has 0 aliphatic rings. The molecule has 6 nitrogen and oxygen atoms in total. The molecule has 1 amide bonds. The molecule has 2 heterocycles. The number of carbonyl (C=O) groups is 1. The van der Waals surface area contributed by atoms with Crippen LogP contribution in [-0.4, -0.2) is 32.5 Å². The summed E-state index contributed by atoms with van der Waals surface area (Å²) in [5.41, 5.74) is 2.91. The SMILES string of the molecule is CCN(Cc1ccccn1)C(=O)CCc1nc(-c2ccccc2C)no1. The monoisotopic (exact) mass is 350 g/mol. The Morgan fingerprint density at radius 1 is 1.15 bits per heavy atom. The van der Waals surface area contributed by atoms with Crippen LogP contribution in [0, 0.1) is 6.92 Å². The van der Waals surface area contributed by atoms with Crippen LogP contribution in [0.4, 0.5) is 0 Å². The summed E-state index contributed by atoms with van der Waals surface area (Å²) >= 11 is 0. The molecule has 3 rings (SSSR count). The van der Waals surface area contributed by atoms with Crippen LogP contribution in [0.15, 0.2) is 53.2 Å². The molecule has 0 atom stereocenters. The number of aromatic nitrogens is 3. The molecule has 0 saturated heterocycles. The molecule has 0 aliphatic carbocycles. The van der Waals surface area contributed by atoms with E-state index in [0.717, 1.165) is 16.8 Å². The molecule has 0 aliphatic heterocycles. The highest BCUT2D eigenvalue weighted by Crippen LogP contribution is 2.20. The van der Waals surface area contributed by atoms with E-state index in [-0.39, 0.29) is 5.91 Å². The molecule has 26 heavy (non-hydrogen) atoms. The average molecular weight is 350 g/mol. The van der Waals surface area contributed by atoms with Crippen LogP contribution >= 0.6 is 0 Å². The number of rotatable bonds is 7. The molecule has 134 valence electrons. The number of nitrogens with zero attached hydrogens (tertiary/aromatic N) is 4. The summed E-state index contributed by atoms with van der Waals surface area (Å²) in [6.45, 7) is 5.11. The maximum absolute atomic E-state index is 12.5. The molecule has 6 heteroatoms. The number of carbonyl (C=O) groups excluding carboxylic acids is 1. The van der Waals surface area contributed by atoms with Gasteiger partial charge < -0.3 is 9.42 Å². The van der Waals surface area contributed by atoms with Gasteiger partial charge in [0.15, 0.2) is 0 Å². The molecule has 0 fully saturated rings.